The van der Waals surface area contributed by atoms with Gasteiger partial charge in [-0.2, -0.15) is 0 Å². The third-order valence-corrected chi connectivity index (χ3v) is 4.95. The fourth-order valence-electron chi connectivity index (χ4n) is 2.96. The van der Waals surface area contributed by atoms with E-state index >= 15 is 0 Å². The molecule has 0 aliphatic carbocycles. The van der Waals surface area contributed by atoms with Gasteiger partial charge in [-0.05, 0) is 42.0 Å². The van der Waals surface area contributed by atoms with E-state index in [1.165, 1.54) is 0 Å². The number of fused-ring (bicyclic) bond motifs is 1. The number of hydrogen-bond acceptors (Lipinski definition) is 3. The van der Waals surface area contributed by atoms with Gasteiger partial charge in [-0.25, -0.2) is 4.98 Å². The van der Waals surface area contributed by atoms with Crippen molar-refractivity contribution in [3.05, 3.63) is 93.7 Å². The second-order valence-corrected chi connectivity index (χ2v) is 7.32. The molecular formula is C22H19Cl2N3O. The highest BCUT2D eigenvalue weighted by atomic mass is 35.5. The molecule has 0 saturated carbocycles. The van der Waals surface area contributed by atoms with Crippen LogP contribution < -0.4 is 10.1 Å². The number of benzene rings is 3. The van der Waals surface area contributed by atoms with Crippen molar-refractivity contribution in [3.63, 3.8) is 0 Å². The van der Waals surface area contributed by atoms with Crippen LogP contribution in [0.1, 0.15) is 17.0 Å². The Balaban J connectivity index is 1.33. The quantitative estimate of drug-likeness (QED) is 0.407. The Morgan fingerprint density at radius 1 is 0.929 bits per heavy atom. The lowest BCUT2D eigenvalue weighted by Crippen LogP contribution is -2.13. The highest BCUT2D eigenvalue weighted by molar-refractivity contribution is 6.35. The van der Waals surface area contributed by atoms with E-state index in [0.29, 0.717) is 23.2 Å². The van der Waals surface area contributed by atoms with Gasteiger partial charge in [-0.3, -0.25) is 0 Å². The molecule has 0 atom stereocenters. The first kappa shape index (κ1) is 18.8. The van der Waals surface area contributed by atoms with Crippen LogP contribution in [0.4, 0.5) is 0 Å². The van der Waals surface area contributed by atoms with Crippen molar-refractivity contribution in [2.45, 2.75) is 19.7 Å². The zero-order chi connectivity index (χ0) is 19.3. The number of para-hydroxylation sites is 2. The number of ether oxygens (including phenoxy) is 1. The fourth-order valence-corrected chi connectivity index (χ4v) is 3.42. The number of aromatic nitrogens is 2. The van der Waals surface area contributed by atoms with Crippen LogP contribution >= 0.6 is 23.2 Å². The molecule has 6 heteroatoms. The third kappa shape index (κ3) is 4.65. The largest absolute Gasteiger partial charge is 0.489 e. The van der Waals surface area contributed by atoms with Crippen molar-refractivity contribution in [2.24, 2.45) is 0 Å². The Kier molecular flexibility index (Phi) is 5.81. The summed E-state index contributed by atoms with van der Waals surface area (Å²) in [6.45, 7) is 1.78. The van der Waals surface area contributed by atoms with Crippen molar-refractivity contribution in [1.29, 1.82) is 0 Å². The smallest absolute Gasteiger partial charge is 0.121 e. The fraction of sp³-hybridized carbons (Fsp3) is 0.136. The van der Waals surface area contributed by atoms with Gasteiger partial charge in [-0.15, -0.1) is 0 Å². The van der Waals surface area contributed by atoms with Crippen molar-refractivity contribution < 1.29 is 4.74 Å². The Bertz CT molecular complexity index is 1060. The molecule has 2 N–H and O–H groups in total. The first-order valence-corrected chi connectivity index (χ1v) is 9.73. The molecule has 0 aliphatic heterocycles. The molecule has 4 nitrogen and oxygen atoms in total. The molecule has 3 aromatic carbocycles. The molecule has 1 heterocycles. The van der Waals surface area contributed by atoms with E-state index in [2.05, 4.69) is 21.4 Å². The Labute approximate surface area is 173 Å². The maximum absolute atomic E-state index is 6.20. The second kappa shape index (κ2) is 8.65. The SMILES string of the molecule is Clc1ccc(COc2cccc(CNCc3nc4ccccc4[nH]3)c2)c(Cl)c1. The lowest BCUT2D eigenvalue weighted by Gasteiger charge is -2.10. The minimum absolute atomic E-state index is 0.395. The lowest BCUT2D eigenvalue weighted by atomic mass is 10.2. The zero-order valence-corrected chi connectivity index (χ0v) is 16.6. The molecule has 4 rings (SSSR count). The average molecular weight is 412 g/mol. The predicted octanol–water partition coefficient (Wildman–Crippen LogP) is 5.74. The number of hydrogen-bond donors (Lipinski definition) is 2. The van der Waals surface area contributed by atoms with E-state index in [9.17, 15) is 0 Å². The molecule has 0 bridgehead atoms. The van der Waals surface area contributed by atoms with E-state index in [1.54, 1.807) is 6.07 Å². The highest BCUT2D eigenvalue weighted by Gasteiger charge is 2.04. The predicted molar refractivity (Wildman–Crippen MR) is 114 cm³/mol. The van der Waals surface area contributed by atoms with E-state index in [1.807, 2.05) is 54.6 Å². The van der Waals surface area contributed by atoms with E-state index in [0.717, 1.165) is 40.3 Å². The summed E-state index contributed by atoms with van der Waals surface area (Å²) in [6, 6.07) is 21.4. The van der Waals surface area contributed by atoms with Crippen molar-refractivity contribution in [1.82, 2.24) is 15.3 Å². The molecule has 0 saturated heterocycles. The zero-order valence-electron chi connectivity index (χ0n) is 15.1. The minimum atomic E-state index is 0.395. The summed E-state index contributed by atoms with van der Waals surface area (Å²) >= 11 is 12.1. The molecule has 0 fully saturated rings. The van der Waals surface area contributed by atoms with Crippen LogP contribution in [0, 0.1) is 0 Å². The van der Waals surface area contributed by atoms with Gasteiger partial charge in [0.25, 0.3) is 0 Å². The molecule has 4 aromatic rings. The average Bonchev–Trinajstić information content (AvgIpc) is 3.10. The molecule has 28 heavy (non-hydrogen) atoms. The minimum Gasteiger partial charge on any atom is -0.489 e. The number of H-pyrrole nitrogens is 1. The van der Waals surface area contributed by atoms with Crippen LogP contribution in [-0.4, -0.2) is 9.97 Å². The highest BCUT2D eigenvalue weighted by Crippen LogP contribution is 2.23. The van der Waals surface area contributed by atoms with Gasteiger partial charge in [0, 0.05) is 22.2 Å². The van der Waals surface area contributed by atoms with Gasteiger partial charge in [0.15, 0.2) is 0 Å². The van der Waals surface area contributed by atoms with Crippen molar-refractivity contribution in [3.8, 4) is 5.75 Å². The van der Waals surface area contributed by atoms with Crippen molar-refractivity contribution in [2.75, 3.05) is 0 Å². The molecule has 142 valence electrons. The van der Waals surface area contributed by atoms with Crippen LogP contribution in [0.25, 0.3) is 11.0 Å². The maximum Gasteiger partial charge on any atom is 0.121 e. The van der Waals surface area contributed by atoms with E-state index in [-0.39, 0.29) is 0 Å². The maximum atomic E-state index is 6.20. The topological polar surface area (TPSA) is 49.9 Å². The van der Waals surface area contributed by atoms with Gasteiger partial charge >= 0.3 is 0 Å². The molecule has 1 aromatic heterocycles. The van der Waals surface area contributed by atoms with Crippen LogP contribution in [0.15, 0.2) is 66.7 Å². The second-order valence-electron chi connectivity index (χ2n) is 6.48. The first-order valence-electron chi connectivity index (χ1n) is 8.97. The summed E-state index contributed by atoms with van der Waals surface area (Å²) in [5.41, 5.74) is 4.07. The number of rotatable bonds is 7. The Morgan fingerprint density at radius 2 is 1.82 bits per heavy atom. The molecule has 0 unspecified atom stereocenters. The van der Waals surface area contributed by atoms with Gasteiger partial charge in [0.2, 0.25) is 0 Å². The van der Waals surface area contributed by atoms with E-state index < -0.39 is 0 Å². The lowest BCUT2D eigenvalue weighted by molar-refractivity contribution is 0.306. The van der Waals surface area contributed by atoms with Crippen LogP contribution in [0.5, 0.6) is 5.75 Å². The van der Waals surface area contributed by atoms with E-state index in [4.69, 9.17) is 27.9 Å². The molecule has 0 spiro atoms. The van der Waals surface area contributed by atoms with Crippen LogP contribution in [0.2, 0.25) is 10.0 Å². The summed E-state index contributed by atoms with van der Waals surface area (Å²) in [7, 11) is 0. The van der Waals surface area contributed by atoms with Crippen molar-refractivity contribution >= 4 is 34.2 Å². The van der Waals surface area contributed by atoms with Gasteiger partial charge < -0.3 is 15.0 Å². The summed E-state index contributed by atoms with van der Waals surface area (Å²) < 4.78 is 5.88. The Morgan fingerprint density at radius 3 is 2.68 bits per heavy atom. The first-order chi connectivity index (χ1) is 13.7. The number of halogens is 2. The normalized spacial score (nSPS) is 11.1. The monoisotopic (exact) mass is 411 g/mol. The molecule has 0 radical (unpaired) electrons. The number of aromatic amines is 1. The van der Waals surface area contributed by atoms with Crippen LogP contribution in [-0.2, 0) is 19.7 Å². The summed E-state index contributed by atoms with van der Waals surface area (Å²) in [5.74, 6) is 1.72. The summed E-state index contributed by atoms with van der Waals surface area (Å²) in [5, 5.41) is 4.63. The number of nitrogens with zero attached hydrogens (tertiary/aromatic N) is 1. The Hall–Kier alpha value is -2.53. The standard InChI is InChI=1S/C22H19Cl2N3O/c23-17-9-8-16(19(24)11-17)14-28-18-5-3-4-15(10-18)12-25-13-22-26-20-6-1-2-7-21(20)27-22/h1-11,25H,12-14H2,(H,26,27). The van der Waals surface area contributed by atoms with Crippen LogP contribution in [0.3, 0.4) is 0 Å². The molecule has 0 aliphatic rings. The molecule has 0 amide bonds. The molecular weight excluding hydrogens is 393 g/mol. The van der Waals surface area contributed by atoms with Gasteiger partial charge in [0.1, 0.15) is 18.2 Å². The number of imidazole rings is 1. The van der Waals surface area contributed by atoms with Gasteiger partial charge in [0.05, 0.1) is 17.6 Å². The summed E-state index contributed by atoms with van der Waals surface area (Å²) in [4.78, 5) is 7.89. The number of nitrogens with one attached hydrogen (secondary N) is 2. The third-order valence-electron chi connectivity index (χ3n) is 4.37. The van der Waals surface area contributed by atoms with Gasteiger partial charge in [-0.1, -0.05) is 53.5 Å². The summed E-state index contributed by atoms with van der Waals surface area (Å²) in [6.07, 6.45) is 0.